The van der Waals surface area contributed by atoms with Gasteiger partial charge in [0.2, 0.25) is 0 Å². The number of anilines is 1. The summed E-state index contributed by atoms with van der Waals surface area (Å²) in [6.45, 7) is 2.56. The minimum absolute atomic E-state index is 0.186. The summed E-state index contributed by atoms with van der Waals surface area (Å²) in [5, 5.41) is 0. The van der Waals surface area contributed by atoms with Gasteiger partial charge in [0.25, 0.3) is 0 Å². The Kier molecular flexibility index (Phi) is 4.53. The fourth-order valence-electron chi connectivity index (χ4n) is 2.16. The van der Waals surface area contributed by atoms with E-state index in [0.29, 0.717) is 18.7 Å². The van der Waals surface area contributed by atoms with Crippen molar-refractivity contribution in [2.45, 2.75) is 18.2 Å². The summed E-state index contributed by atoms with van der Waals surface area (Å²) in [6.07, 6.45) is 1.75. The van der Waals surface area contributed by atoms with Crippen molar-refractivity contribution in [1.82, 2.24) is 0 Å². The van der Waals surface area contributed by atoms with E-state index in [1.54, 1.807) is 6.07 Å². The molecular formula is C16H19NO3S. The first-order chi connectivity index (χ1) is 9.91. The van der Waals surface area contributed by atoms with Crippen LogP contribution in [0.5, 0.6) is 5.75 Å². The lowest BCUT2D eigenvalue weighted by Crippen LogP contribution is -2.05. The topological polar surface area (TPSA) is 69.4 Å². The predicted octanol–water partition coefficient (Wildman–Crippen LogP) is 2.66. The summed E-state index contributed by atoms with van der Waals surface area (Å²) < 4.78 is 28.8. The summed E-state index contributed by atoms with van der Waals surface area (Å²) in [6, 6.07) is 12.8. The molecule has 0 amide bonds. The monoisotopic (exact) mass is 305 g/mol. The molecule has 2 rings (SSSR count). The van der Waals surface area contributed by atoms with Crippen molar-refractivity contribution in [1.29, 1.82) is 0 Å². The third-order valence-corrected chi connectivity index (χ3v) is 4.34. The number of rotatable bonds is 5. The molecule has 2 aromatic rings. The van der Waals surface area contributed by atoms with Crippen molar-refractivity contribution < 1.29 is 13.2 Å². The standard InChI is InChI=1S/C16H19NO3S/c1-3-20-14-9-7-12(8-10-14)11-13-5-4-6-15(16(13)17)21(2,18)19/h4-10H,3,11,17H2,1-2H3. The molecule has 21 heavy (non-hydrogen) atoms. The van der Waals surface area contributed by atoms with Crippen LogP contribution < -0.4 is 10.5 Å². The van der Waals surface area contributed by atoms with Gasteiger partial charge in [-0.15, -0.1) is 0 Å². The molecule has 2 N–H and O–H groups in total. The summed E-state index contributed by atoms with van der Waals surface area (Å²) in [5.74, 6) is 0.819. The highest BCUT2D eigenvalue weighted by Crippen LogP contribution is 2.25. The minimum atomic E-state index is -3.31. The summed E-state index contributed by atoms with van der Waals surface area (Å²) >= 11 is 0. The van der Waals surface area contributed by atoms with E-state index in [2.05, 4.69) is 0 Å². The second kappa shape index (κ2) is 6.18. The van der Waals surface area contributed by atoms with Crippen LogP contribution in [-0.2, 0) is 16.3 Å². The molecule has 0 fully saturated rings. The van der Waals surface area contributed by atoms with Gasteiger partial charge in [0.1, 0.15) is 5.75 Å². The number of hydrogen-bond donors (Lipinski definition) is 1. The molecule has 0 bridgehead atoms. The SMILES string of the molecule is CCOc1ccc(Cc2cccc(S(C)(=O)=O)c2N)cc1. The van der Waals surface area contributed by atoms with E-state index < -0.39 is 9.84 Å². The van der Waals surface area contributed by atoms with Crippen molar-refractivity contribution >= 4 is 15.5 Å². The Morgan fingerprint density at radius 1 is 1.10 bits per heavy atom. The lowest BCUT2D eigenvalue weighted by atomic mass is 10.0. The highest BCUT2D eigenvalue weighted by Gasteiger charge is 2.14. The molecular weight excluding hydrogens is 286 g/mol. The number of hydrogen-bond acceptors (Lipinski definition) is 4. The Balaban J connectivity index is 2.28. The molecule has 0 saturated heterocycles. The van der Waals surface area contributed by atoms with Gasteiger partial charge in [-0.05, 0) is 42.7 Å². The molecule has 0 aromatic heterocycles. The van der Waals surface area contributed by atoms with Crippen molar-refractivity contribution in [3.05, 3.63) is 53.6 Å². The molecule has 4 nitrogen and oxygen atoms in total. The number of benzene rings is 2. The van der Waals surface area contributed by atoms with Crippen LogP contribution in [0.4, 0.5) is 5.69 Å². The average molecular weight is 305 g/mol. The van der Waals surface area contributed by atoms with E-state index in [0.717, 1.165) is 16.9 Å². The summed E-state index contributed by atoms with van der Waals surface area (Å²) in [7, 11) is -3.31. The fourth-order valence-corrected chi connectivity index (χ4v) is 3.01. The molecule has 112 valence electrons. The van der Waals surface area contributed by atoms with Crippen LogP contribution in [0.15, 0.2) is 47.4 Å². The molecule has 0 aliphatic heterocycles. The van der Waals surface area contributed by atoms with E-state index in [-0.39, 0.29) is 4.90 Å². The molecule has 5 heteroatoms. The van der Waals surface area contributed by atoms with Crippen LogP contribution in [-0.4, -0.2) is 21.3 Å². The van der Waals surface area contributed by atoms with Crippen molar-refractivity contribution in [3.8, 4) is 5.75 Å². The maximum Gasteiger partial charge on any atom is 0.177 e. The first-order valence-corrected chi connectivity index (χ1v) is 8.60. The Bertz CT molecular complexity index is 722. The zero-order chi connectivity index (χ0) is 15.5. The van der Waals surface area contributed by atoms with Gasteiger partial charge in [0.15, 0.2) is 9.84 Å². The van der Waals surface area contributed by atoms with E-state index in [1.165, 1.54) is 12.3 Å². The number of nitrogen functional groups attached to an aromatic ring is 1. The average Bonchev–Trinajstić information content (AvgIpc) is 2.42. The van der Waals surface area contributed by atoms with Gasteiger partial charge in [-0.3, -0.25) is 0 Å². The molecule has 0 spiro atoms. The number of sulfone groups is 1. The van der Waals surface area contributed by atoms with Gasteiger partial charge in [0, 0.05) is 6.26 Å². The predicted molar refractivity (Wildman–Crippen MR) is 84.4 cm³/mol. The molecule has 0 aliphatic rings. The molecule has 2 aromatic carbocycles. The van der Waals surface area contributed by atoms with Crippen molar-refractivity contribution in [2.24, 2.45) is 0 Å². The van der Waals surface area contributed by atoms with Crippen LogP contribution in [0.1, 0.15) is 18.1 Å². The number of ether oxygens (including phenoxy) is 1. The molecule has 0 aliphatic carbocycles. The second-order valence-corrected chi connectivity index (χ2v) is 6.84. The van der Waals surface area contributed by atoms with Gasteiger partial charge in [0.05, 0.1) is 17.2 Å². The number of para-hydroxylation sites is 1. The molecule has 0 saturated carbocycles. The fraction of sp³-hybridized carbons (Fsp3) is 0.250. The van der Waals surface area contributed by atoms with Gasteiger partial charge in [-0.25, -0.2) is 8.42 Å². The maximum atomic E-state index is 11.7. The molecule has 0 heterocycles. The molecule has 0 radical (unpaired) electrons. The van der Waals surface area contributed by atoms with E-state index >= 15 is 0 Å². The van der Waals surface area contributed by atoms with Crippen molar-refractivity contribution in [3.63, 3.8) is 0 Å². The third kappa shape index (κ3) is 3.76. The second-order valence-electron chi connectivity index (χ2n) is 4.85. The highest BCUT2D eigenvalue weighted by atomic mass is 32.2. The Morgan fingerprint density at radius 2 is 1.76 bits per heavy atom. The van der Waals surface area contributed by atoms with Gasteiger partial charge in [-0.1, -0.05) is 24.3 Å². The van der Waals surface area contributed by atoms with E-state index in [9.17, 15) is 8.42 Å². The molecule has 0 atom stereocenters. The lowest BCUT2D eigenvalue weighted by Gasteiger charge is -2.10. The normalized spacial score (nSPS) is 11.3. The highest BCUT2D eigenvalue weighted by molar-refractivity contribution is 7.90. The first kappa shape index (κ1) is 15.4. The Morgan fingerprint density at radius 3 is 2.33 bits per heavy atom. The van der Waals surface area contributed by atoms with Gasteiger partial charge < -0.3 is 10.5 Å². The van der Waals surface area contributed by atoms with Gasteiger partial charge >= 0.3 is 0 Å². The van der Waals surface area contributed by atoms with Crippen LogP contribution in [0.25, 0.3) is 0 Å². The first-order valence-electron chi connectivity index (χ1n) is 6.71. The summed E-state index contributed by atoms with van der Waals surface area (Å²) in [5.41, 5.74) is 8.18. The quantitative estimate of drug-likeness (QED) is 0.862. The van der Waals surface area contributed by atoms with E-state index in [1.807, 2.05) is 37.3 Å². The smallest absolute Gasteiger partial charge is 0.177 e. The van der Waals surface area contributed by atoms with Gasteiger partial charge in [-0.2, -0.15) is 0 Å². The zero-order valence-corrected chi connectivity index (χ0v) is 13.0. The lowest BCUT2D eigenvalue weighted by molar-refractivity contribution is 0.340. The Labute approximate surface area is 125 Å². The molecule has 0 unspecified atom stereocenters. The Hall–Kier alpha value is -2.01. The van der Waals surface area contributed by atoms with Crippen LogP contribution >= 0.6 is 0 Å². The maximum absolute atomic E-state index is 11.7. The van der Waals surface area contributed by atoms with Crippen LogP contribution in [0.3, 0.4) is 0 Å². The third-order valence-electron chi connectivity index (χ3n) is 3.18. The summed E-state index contributed by atoms with van der Waals surface area (Å²) in [4.78, 5) is 0.186. The van der Waals surface area contributed by atoms with E-state index in [4.69, 9.17) is 10.5 Å². The van der Waals surface area contributed by atoms with Crippen LogP contribution in [0.2, 0.25) is 0 Å². The largest absolute Gasteiger partial charge is 0.494 e. The zero-order valence-electron chi connectivity index (χ0n) is 12.2. The van der Waals surface area contributed by atoms with Crippen molar-refractivity contribution in [2.75, 3.05) is 18.6 Å². The minimum Gasteiger partial charge on any atom is -0.494 e. The number of nitrogens with two attached hydrogens (primary N) is 1. The van der Waals surface area contributed by atoms with Crippen LogP contribution in [0, 0.1) is 0 Å².